The van der Waals surface area contributed by atoms with E-state index in [0.29, 0.717) is 28.1 Å². The average Bonchev–Trinajstić information content (AvgIpc) is 3.22. The number of hydrogen-bond donors (Lipinski definition) is 1. The Morgan fingerprint density at radius 1 is 1.21 bits per heavy atom. The molecule has 3 aromatic rings. The molecule has 0 saturated carbocycles. The van der Waals surface area contributed by atoms with Crippen molar-refractivity contribution in [3.8, 4) is 0 Å². The Labute approximate surface area is 167 Å². The number of nitrogens with two attached hydrogens (primary N) is 1. The lowest BCUT2D eigenvalue weighted by Crippen LogP contribution is -2.34. The first-order valence-electron chi connectivity index (χ1n) is 9.08. The molecule has 8 nitrogen and oxygen atoms in total. The zero-order chi connectivity index (χ0) is 19.5. The highest BCUT2D eigenvalue weighted by molar-refractivity contribution is 6.30. The molecule has 1 fully saturated rings. The average molecular weight is 401 g/mol. The fraction of sp³-hybridized carbons (Fsp3) is 0.368. The summed E-state index contributed by atoms with van der Waals surface area (Å²) < 4.78 is 11.5. The van der Waals surface area contributed by atoms with Crippen molar-refractivity contribution in [2.75, 3.05) is 30.8 Å². The Bertz CT molecular complexity index is 927. The van der Waals surface area contributed by atoms with Crippen LogP contribution in [0.15, 0.2) is 41.1 Å². The van der Waals surface area contributed by atoms with Crippen molar-refractivity contribution in [2.24, 2.45) is 0 Å². The molecule has 1 aliphatic heterocycles. The molecule has 28 heavy (non-hydrogen) atoms. The third-order valence-corrected chi connectivity index (χ3v) is 5.16. The van der Waals surface area contributed by atoms with Crippen molar-refractivity contribution >= 4 is 23.2 Å². The van der Waals surface area contributed by atoms with Crippen LogP contribution in [-0.4, -0.2) is 40.4 Å². The highest BCUT2D eigenvalue weighted by atomic mass is 35.5. The summed E-state index contributed by atoms with van der Waals surface area (Å²) in [5.74, 6) is 1.94. The number of hydrogen-bond acceptors (Lipinski definition) is 8. The van der Waals surface area contributed by atoms with Crippen LogP contribution < -0.4 is 10.6 Å². The van der Waals surface area contributed by atoms with Gasteiger partial charge in [-0.25, -0.2) is 9.97 Å². The van der Waals surface area contributed by atoms with Crippen molar-refractivity contribution in [2.45, 2.75) is 24.9 Å². The van der Waals surface area contributed by atoms with E-state index in [4.69, 9.17) is 26.5 Å². The fourth-order valence-corrected chi connectivity index (χ4v) is 3.61. The summed E-state index contributed by atoms with van der Waals surface area (Å²) in [5, 5.41) is 9.04. The van der Waals surface area contributed by atoms with Crippen molar-refractivity contribution < 1.29 is 9.15 Å². The maximum absolute atomic E-state index is 6.10. The quantitative estimate of drug-likeness (QED) is 0.651. The number of methoxy groups -OCH3 is 1. The lowest BCUT2D eigenvalue weighted by Gasteiger charge is -2.30. The van der Waals surface area contributed by atoms with Crippen molar-refractivity contribution in [3.63, 3.8) is 0 Å². The zero-order valence-electron chi connectivity index (χ0n) is 15.5. The summed E-state index contributed by atoms with van der Waals surface area (Å²) in [6.07, 6.45) is 4.72. The summed E-state index contributed by atoms with van der Waals surface area (Å²) in [6.45, 7) is 1.67. The zero-order valence-corrected chi connectivity index (χ0v) is 16.2. The van der Waals surface area contributed by atoms with Crippen LogP contribution >= 0.6 is 11.6 Å². The molecular weight excluding hydrogens is 380 g/mol. The second kappa shape index (κ2) is 8.12. The molecule has 0 amide bonds. The van der Waals surface area contributed by atoms with Crippen LogP contribution in [0.3, 0.4) is 0 Å². The van der Waals surface area contributed by atoms with E-state index in [1.807, 2.05) is 6.07 Å². The van der Waals surface area contributed by atoms with Gasteiger partial charge in [0.25, 0.3) is 0 Å². The van der Waals surface area contributed by atoms with Gasteiger partial charge in [0, 0.05) is 54.8 Å². The van der Waals surface area contributed by atoms with E-state index in [-0.39, 0.29) is 5.92 Å². The second-order valence-corrected chi connectivity index (χ2v) is 7.11. The summed E-state index contributed by atoms with van der Waals surface area (Å²) >= 11 is 6.10. The predicted octanol–water partition coefficient (Wildman–Crippen LogP) is 3.22. The minimum absolute atomic E-state index is 0.190. The van der Waals surface area contributed by atoms with E-state index in [2.05, 4.69) is 25.1 Å². The van der Waals surface area contributed by atoms with Crippen molar-refractivity contribution in [3.05, 3.63) is 59.0 Å². The molecule has 4 rings (SSSR count). The molecule has 0 aliphatic carbocycles. The molecule has 1 aromatic carbocycles. The third-order valence-electron chi connectivity index (χ3n) is 4.93. The van der Waals surface area contributed by atoms with Gasteiger partial charge >= 0.3 is 0 Å². The Hall–Kier alpha value is -2.71. The Kier molecular flexibility index (Phi) is 5.40. The van der Waals surface area contributed by atoms with E-state index < -0.39 is 6.10 Å². The van der Waals surface area contributed by atoms with E-state index in [1.54, 1.807) is 37.7 Å². The molecule has 2 N–H and O–H groups in total. The molecule has 1 saturated heterocycles. The number of piperidine rings is 1. The van der Waals surface area contributed by atoms with Crippen LogP contribution in [0.4, 0.5) is 11.6 Å². The van der Waals surface area contributed by atoms with Crippen molar-refractivity contribution in [1.29, 1.82) is 0 Å². The molecule has 2 aromatic heterocycles. The SMILES string of the molecule is COC(c1nnc(C2CCN(c3ncccn3)CC2)o1)c1cc(Cl)ccc1N. The highest BCUT2D eigenvalue weighted by Crippen LogP contribution is 2.34. The van der Waals surface area contributed by atoms with Crippen molar-refractivity contribution in [1.82, 2.24) is 20.2 Å². The Morgan fingerprint density at radius 2 is 1.96 bits per heavy atom. The van der Waals surface area contributed by atoms with Crippen LogP contribution in [0, 0.1) is 0 Å². The molecule has 1 aliphatic rings. The number of nitrogen functional groups attached to an aromatic ring is 1. The van der Waals surface area contributed by atoms with Gasteiger partial charge in [0.1, 0.15) is 0 Å². The molecule has 0 spiro atoms. The maximum atomic E-state index is 6.10. The lowest BCUT2D eigenvalue weighted by molar-refractivity contribution is 0.110. The lowest BCUT2D eigenvalue weighted by atomic mass is 9.97. The van der Waals surface area contributed by atoms with E-state index in [9.17, 15) is 0 Å². The fourth-order valence-electron chi connectivity index (χ4n) is 3.43. The standard InChI is InChI=1S/C19H21ClN6O2/c1-27-16(14-11-13(20)3-4-15(14)21)18-25-24-17(28-18)12-5-9-26(10-6-12)19-22-7-2-8-23-19/h2-4,7-8,11-12,16H,5-6,9-10,21H2,1H3. The number of benzene rings is 1. The highest BCUT2D eigenvalue weighted by Gasteiger charge is 2.29. The van der Waals surface area contributed by atoms with Crippen LogP contribution in [-0.2, 0) is 4.74 Å². The maximum Gasteiger partial charge on any atom is 0.249 e. The van der Waals surface area contributed by atoms with Gasteiger partial charge in [0.2, 0.25) is 17.7 Å². The Balaban J connectivity index is 1.48. The van der Waals surface area contributed by atoms with E-state index in [1.165, 1.54) is 0 Å². The molecule has 9 heteroatoms. The first-order valence-corrected chi connectivity index (χ1v) is 9.46. The molecule has 1 unspecified atom stereocenters. The number of nitrogens with zero attached hydrogens (tertiary/aromatic N) is 5. The summed E-state index contributed by atoms with van der Waals surface area (Å²) in [7, 11) is 1.58. The van der Waals surface area contributed by atoms with Crippen LogP contribution in [0.5, 0.6) is 0 Å². The molecule has 0 bridgehead atoms. The second-order valence-electron chi connectivity index (χ2n) is 6.68. The number of anilines is 2. The molecule has 146 valence electrons. The van der Waals surface area contributed by atoms with Gasteiger partial charge in [-0.1, -0.05) is 11.6 Å². The minimum atomic E-state index is -0.558. The van der Waals surface area contributed by atoms with Gasteiger partial charge < -0.3 is 19.8 Å². The first kappa shape index (κ1) is 18.6. The smallest absolute Gasteiger partial charge is 0.249 e. The Morgan fingerprint density at radius 3 is 2.68 bits per heavy atom. The van der Waals surface area contributed by atoms with E-state index >= 15 is 0 Å². The number of aromatic nitrogens is 4. The number of halogens is 1. The van der Waals surface area contributed by atoms with Crippen LogP contribution in [0.2, 0.25) is 5.02 Å². The van der Waals surface area contributed by atoms with Gasteiger partial charge in [0.15, 0.2) is 6.10 Å². The molecule has 0 radical (unpaired) electrons. The van der Waals surface area contributed by atoms with Gasteiger partial charge in [-0.05, 0) is 37.1 Å². The summed E-state index contributed by atoms with van der Waals surface area (Å²) in [6, 6.07) is 7.04. The van der Waals surface area contributed by atoms with Gasteiger partial charge in [-0.2, -0.15) is 0 Å². The molecular formula is C19H21ClN6O2. The predicted molar refractivity (Wildman–Crippen MR) is 105 cm³/mol. The van der Waals surface area contributed by atoms with Crippen LogP contribution in [0.1, 0.15) is 42.2 Å². The first-order chi connectivity index (χ1) is 13.7. The van der Waals surface area contributed by atoms with Gasteiger partial charge in [0.05, 0.1) is 0 Å². The van der Waals surface area contributed by atoms with Crippen LogP contribution in [0.25, 0.3) is 0 Å². The minimum Gasteiger partial charge on any atom is -0.422 e. The third kappa shape index (κ3) is 3.79. The van der Waals surface area contributed by atoms with Gasteiger partial charge in [-0.15, -0.1) is 10.2 Å². The monoisotopic (exact) mass is 400 g/mol. The number of ether oxygens (including phenoxy) is 1. The van der Waals surface area contributed by atoms with E-state index in [0.717, 1.165) is 31.9 Å². The summed E-state index contributed by atoms with van der Waals surface area (Å²) in [4.78, 5) is 10.8. The largest absolute Gasteiger partial charge is 0.422 e. The number of rotatable bonds is 5. The molecule has 3 heterocycles. The summed E-state index contributed by atoms with van der Waals surface area (Å²) in [5.41, 5.74) is 7.35. The normalized spacial score (nSPS) is 16.3. The van der Waals surface area contributed by atoms with Gasteiger partial charge in [-0.3, -0.25) is 0 Å². The topological polar surface area (TPSA) is 103 Å². The molecule has 1 atom stereocenters.